The van der Waals surface area contributed by atoms with Crippen molar-refractivity contribution in [2.75, 3.05) is 35.2 Å². The number of carbonyl (C=O) groups excluding carboxylic acids is 1. The average molecular weight is 348 g/mol. The van der Waals surface area contributed by atoms with Crippen molar-refractivity contribution in [1.82, 2.24) is 0 Å². The molecule has 6 heteroatoms. The summed E-state index contributed by atoms with van der Waals surface area (Å²) in [6, 6.07) is 11.5. The molecule has 0 saturated carbocycles. The summed E-state index contributed by atoms with van der Waals surface area (Å²) in [5, 5.41) is 6.42. The van der Waals surface area contributed by atoms with Gasteiger partial charge in [-0.2, -0.15) is 0 Å². The predicted octanol–water partition coefficient (Wildman–Crippen LogP) is 4.13. The van der Waals surface area contributed by atoms with E-state index in [1.165, 1.54) is 25.0 Å². The van der Waals surface area contributed by atoms with Gasteiger partial charge >= 0.3 is 0 Å². The third kappa shape index (κ3) is 4.17. The van der Waals surface area contributed by atoms with Crippen molar-refractivity contribution >= 4 is 34.6 Å². The largest absolute Gasteiger partial charge is 0.374 e. The van der Waals surface area contributed by atoms with Crippen molar-refractivity contribution in [3.63, 3.8) is 0 Å². The molecule has 0 bridgehead atoms. The van der Waals surface area contributed by atoms with Crippen LogP contribution < -0.4 is 15.5 Å². The molecule has 2 aromatic carbocycles. The molecule has 0 aliphatic carbocycles. The van der Waals surface area contributed by atoms with Gasteiger partial charge in [-0.25, -0.2) is 4.39 Å². The highest BCUT2D eigenvalue weighted by Gasteiger charge is 2.16. The van der Waals surface area contributed by atoms with Crippen LogP contribution in [0.4, 0.5) is 21.5 Å². The fourth-order valence-corrected chi connectivity index (χ4v) is 3.00. The lowest BCUT2D eigenvalue weighted by Gasteiger charge is -2.22. The van der Waals surface area contributed by atoms with Crippen molar-refractivity contribution in [2.45, 2.75) is 12.8 Å². The Hall–Kier alpha value is -2.27. The summed E-state index contributed by atoms with van der Waals surface area (Å²) >= 11 is 6.09. The second-order valence-corrected chi connectivity index (χ2v) is 6.20. The smallest absolute Gasteiger partial charge is 0.243 e. The molecule has 1 amide bonds. The Morgan fingerprint density at radius 2 is 1.96 bits per heavy atom. The number of amides is 1. The van der Waals surface area contributed by atoms with Crippen LogP contribution in [0.5, 0.6) is 0 Å². The van der Waals surface area contributed by atoms with E-state index in [1.807, 2.05) is 18.2 Å². The molecule has 1 saturated heterocycles. The van der Waals surface area contributed by atoms with Crippen LogP contribution in [0.25, 0.3) is 0 Å². The quantitative estimate of drug-likeness (QED) is 0.854. The van der Waals surface area contributed by atoms with Gasteiger partial charge in [-0.05, 0) is 49.2 Å². The molecule has 0 aromatic heterocycles. The minimum Gasteiger partial charge on any atom is -0.374 e. The lowest BCUT2D eigenvalue weighted by molar-refractivity contribution is -0.114. The normalized spacial score (nSPS) is 13.8. The number of hydrogen-bond donors (Lipinski definition) is 2. The molecule has 1 aliphatic heterocycles. The monoisotopic (exact) mass is 347 g/mol. The van der Waals surface area contributed by atoms with Gasteiger partial charge in [0.2, 0.25) is 5.91 Å². The van der Waals surface area contributed by atoms with Gasteiger partial charge in [-0.3, -0.25) is 4.79 Å². The first-order valence-electron chi connectivity index (χ1n) is 7.95. The summed E-state index contributed by atoms with van der Waals surface area (Å²) in [4.78, 5) is 14.4. The van der Waals surface area contributed by atoms with Crippen LogP contribution >= 0.6 is 11.6 Å². The van der Waals surface area contributed by atoms with Crippen LogP contribution in [0.3, 0.4) is 0 Å². The molecule has 0 atom stereocenters. The van der Waals surface area contributed by atoms with E-state index in [-0.39, 0.29) is 18.3 Å². The number of hydrogen-bond acceptors (Lipinski definition) is 3. The van der Waals surface area contributed by atoms with Gasteiger partial charge in [0.1, 0.15) is 5.82 Å². The van der Waals surface area contributed by atoms with Crippen LogP contribution in [-0.4, -0.2) is 25.5 Å². The van der Waals surface area contributed by atoms with E-state index < -0.39 is 0 Å². The topological polar surface area (TPSA) is 44.4 Å². The van der Waals surface area contributed by atoms with Crippen LogP contribution in [0.15, 0.2) is 42.5 Å². The highest BCUT2D eigenvalue weighted by molar-refractivity contribution is 6.31. The highest BCUT2D eigenvalue weighted by Crippen LogP contribution is 2.31. The first kappa shape index (κ1) is 16.6. The van der Waals surface area contributed by atoms with Crippen molar-refractivity contribution in [2.24, 2.45) is 0 Å². The van der Waals surface area contributed by atoms with Crippen molar-refractivity contribution in [3.05, 3.63) is 53.3 Å². The zero-order chi connectivity index (χ0) is 16.9. The number of carbonyl (C=O) groups is 1. The van der Waals surface area contributed by atoms with E-state index >= 15 is 0 Å². The number of rotatable bonds is 5. The maximum atomic E-state index is 13.2. The van der Waals surface area contributed by atoms with Crippen LogP contribution in [0, 0.1) is 5.82 Å². The first-order chi connectivity index (χ1) is 11.6. The Bertz CT molecular complexity index is 732. The lowest BCUT2D eigenvalue weighted by Crippen LogP contribution is -2.24. The van der Waals surface area contributed by atoms with Gasteiger partial charge in [-0.15, -0.1) is 0 Å². The number of anilines is 3. The molecule has 0 unspecified atom stereocenters. The molecule has 0 radical (unpaired) electrons. The molecule has 2 N–H and O–H groups in total. The zero-order valence-electron chi connectivity index (χ0n) is 13.2. The van der Waals surface area contributed by atoms with Crippen molar-refractivity contribution < 1.29 is 9.18 Å². The summed E-state index contributed by atoms with van der Waals surface area (Å²) in [6.07, 6.45) is 2.34. The van der Waals surface area contributed by atoms with Gasteiger partial charge in [0.05, 0.1) is 17.9 Å². The van der Waals surface area contributed by atoms with Gasteiger partial charge in [0, 0.05) is 23.8 Å². The molecule has 126 valence electrons. The maximum Gasteiger partial charge on any atom is 0.243 e. The van der Waals surface area contributed by atoms with Crippen molar-refractivity contribution in [3.8, 4) is 0 Å². The Balaban J connectivity index is 1.65. The molecule has 3 rings (SSSR count). The second kappa shape index (κ2) is 7.53. The molecule has 0 spiro atoms. The number of halogens is 2. The molecule has 1 fully saturated rings. The van der Waals surface area contributed by atoms with E-state index in [1.54, 1.807) is 12.1 Å². The van der Waals surface area contributed by atoms with Crippen LogP contribution in [-0.2, 0) is 4.79 Å². The van der Waals surface area contributed by atoms with Gasteiger partial charge in [0.15, 0.2) is 0 Å². The molecule has 2 aromatic rings. The second-order valence-electron chi connectivity index (χ2n) is 5.77. The fraction of sp³-hybridized carbons (Fsp3) is 0.278. The Labute approximate surface area is 145 Å². The van der Waals surface area contributed by atoms with Gasteiger partial charge in [-0.1, -0.05) is 17.7 Å². The number of nitrogens with zero attached hydrogens (tertiary/aromatic N) is 1. The Kier molecular flexibility index (Phi) is 5.20. The molecular weight excluding hydrogens is 329 g/mol. The molecule has 1 aliphatic rings. The minimum atomic E-state index is -0.382. The highest BCUT2D eigenvalue weighted by atomic mass is 35.5. The predicted molar refractivity (Wildman–Crippen MR) is 96.4 cm³/mol. The van der Waals surface area contributed by atoms with E-state index in [0.29, 0.717) is 10.7 Å². The van der Waals surface area contributed by atoms with Gasteiger partial charge in [0.25, 0.3) is 0 Å². The molecule has 24 heavy (non-hydrogen) atoms. The summed E-state index contributed by atoms with van der Waals surface area (Å²) < 4.78 is 13.2. The molecular formula is C18H19ClFN3O. The number of nitrogens with one attached hydrogen (secondary N) is 2. The van der Waals surface area contributed by atoms with Crippen LogP contribution in [0.1, 0.15) is 12.8 Å². The van der Waals surface area contributed by atoms with E-state index in [2.05, 4.69) is 15.5 Å². The summed E-state index contributed by atoms with van der Waals surface area (Å²) in [5.41, 5.74) is 2.32. The minimum absolute atomic E-state index is 0.0810. The third-order valence-corrected chi connectivity index (χ3v) is 4.19. The van der Waals surface area contributed by atoms with Gasteiger partial charge < -0.3 is 15.5 Å². The van der Waals surface area contributed by atoms with E-state index in [0.717, 1.165) is 24.5 Å². The van der Waals surface area contributed by atoms with E-state index in [4.69, 9.17) is 11.6 Å². The summed E-state index contributed by atoms with van der Waals surface area (Å²) in [5.74, 6) is -0.625. The summed E-state index contributed by atoms with van der Waals surface area (Å²) in [6.45, 7) is 2.09. The average Bonchev–Trinajstić information content (AvgIpc) is 3.07. The first-order valence-corrected chi connectivity index (χ1v) is 8.33. The summed E-state index contributed by atoms with van der Waals surface area (Å²) in [7, 11) is 0. The SMILES string of the molecule is O=C(CNc1cc(Cl)ccc1N1CCCC1)Nc1cccc(F)c1. The number of benzene rings is 2. The maximum absolute atomic E-state index is 13.2. The Morgan fingerprint density at radius 1 is 1.17 bits per heavy atom. The lowest BCUT2D eigenvalue weighted by atomic mass is 10.2. The molecule has 4 nitrogen and oxygen atoms in total. The van der Waals surface area contributed by atoms with Crippen LogP contribution in [0.2, 0.25) is 5.02 Å². The zero-order valence-corrected chi connectivity index (χ0v) is 13.9. The van der Waals surface area contributed by atoms with E-state index in [9.17, 15) is 9.18 Å². The third-order valence-electron chi connectivity index (χ3n) is 3.95. The van der Waals surface area contributed by atoms with Crippen molar-refractivity contribution in [1.29, 1.82) is 0 Å². The fourth-order valence-electron chi connectivity index (χ4n) is 2.83. The Morgan fingerprint density at radius 3 is 2.71 bits per heavy atom. The molecule has 1 heterocycles. The standard InChI is InChI=1S/C18H19ClFN3O/c19-13-6-7-17(23-8-1-2-9-23)16(10-13)21-12-18(24)22-15-5-3-4-14(20)11-15/h3-7,10-11,21H,1-2,8-9,12H2,(H,22,24).